The largest absolute Gasteiger partial charge is 0.198 e. The van der Waals surface area contributed by atoms with Crippen LogP contribution in [0.15, 0.2) is 24.3 Å². The fourth-order valence-electron chi connectivity index (χ4n) is 2.19. The first-order valence-electron chi connectivity index (χ1n) is 8.58. The van der Waals surface area contributed by atoms with E-state index < -0.39 is 0 Å². The minimum atomic E-state index is 0.731. The summed E-state index contributed by atoms with van der Waals surface area (Å²) in [6, 6.07) is 2.20. The van der Waals surface area contributed by atoms with Gasteiger partial charge in [-0.1, -0.05) is 69.8 Å². The van der Waals surface area contributed by atoms with Gasteiger partial charge in [0.25, 0.3) is 0 Å². The van der Waals surface area contributed by atoms with Crippen LogP contribution in [-0.4, -0.2) is 0 Å². The molecule has 1 heteroatoms. The molecule has 0 saturated heterocycles. The molecule has 0 radical (unpaired) electrons. The molecule has 0 spiro atoms. The molecule has 0 heterocycles. The molecule has 114 valence electrons. The Morgan fingerprint density at radius 1 is 0.700 bits per heavy atom. The zero-order valence-electron chi connectivity index (χ0n) is 13.4. The summed E-state index contributed by atoms with van der Waals surface area (Å²) in [7, 11) is 0. The van der Waals surface area contributed by atoms with E-state index in [1.54, 1.807) is 0 Å². The van der Waals surface area contributed by atoms with Gasteiger partial charge in [0.2, 0.25) is 0 Å². The zero-order chi connectivity index (χ0) is 14.7. The van der Waals surface area contributed by atoms with Crippen molar-refractivity contribution in [3.8, 4) is 6.07 Å². The van der Waals surface area contributed by atoms with Gasteiger partial charge >= 0.3 is 0 Å². The van der Waals surface area contributed by atoms with Crippen LogP contribution < -0.4 is 0 Å². The molecule has 0 aromatic rings. The Balaban J connectivity index is 3.14. The third kappa shape index (κ3) is 17.0. The van der Waals surface area contributed by atoms with E-state index >= 15 is 0 Å². The topological polar surface area (TPSA) is 23.8 Å². The summed E-state index contributed by atoms with van der Waals surface area (Å²) in [6.45, 7) is 2.25. The molecule has 0 amide bonds. The molecule has 0 rings (SSSR count). The molecule has 1 nitrogen and oxygen atoms in total. The standard InChI is InChI=1S/C19H33N/c1-2-3-4-5-6-7-8-9-10-11-12-13-14-15-16-17-18-19-20/h6-7,9-10H,2-5,8,11-18H2,1H3/b7-6-,10-9-. The average Bonchev–Trinajstić information content (AvgIpc) is 2.47. The fraction of sp³-hybridized carbons (Fsp3) is 0.737. The average molecular weight is 275 g/mol. The van der Waals surface area contributed by atoms with E-state index in [9.17, 15) is 0 Å². The van der Waals surface area contributed by atoms with Gasteiger partial charge in [0.15, 0.2) is 0 Å². The van der Waals surface area contributed by atoms with Gasteiger partial charge in [0.1, 0.15) is 0 Å². The van der Waals surface area contributed by atoms with Crippen molar-refractivity contribution >= 4 is 0 Å². The summed E-state index contributed by atoms with van der Waals surface area (Å²) in [5.41, 5.74) is 0. The first-order chi connectivity index (χ1) is 9.91. The van der Waals surface area contributed by atoms with Crippen molar-refractivity contribution in [2.24, 2.45) is 0 Å². The zero-order valence-corrected chi connectivity index (χ0v) is 13.4. The van der Waals surface area contributed by atoms with E-state index in [2.05, 4.69) is 37.3 Å². The number of nitriles is 1. The Bertz CT molecular complexity index is 270. The molecule has 0 atom stereocenters. The van der Waals surface area contributed by atoms with Crippen molar-refractivity contribution in [2.75, 3.05) is 0 Å². The van der Waals surface area contributed by atoms with Crippen LogP contribution in [-0.2, 0) is 0 Å². The molecule has 0 aliphatic rings. The van der Waals surface area contributed by atoms with E-state index in [-0.39, 0.29) is 0 Å². The second kappa shape index (κ2) is 18.0. The number of nitrogens with zero attached hydrogens (tertiary/aromatic N) is 1. The van der Waals surface area contributed by atoms with Crippen molar-refractivity contribution in [2.45, 2.75) is 90.4 Å². The first kappa shape index (κ1) is 19.0. The van der Waals surface area contributed by atoms with Gasteiger partial charge in [-0.25, -0.2) is 0 Å². The molecule has 0 unspecified atom stereocenters. The van der Waals surface area contributed by atoms with Gasteiger partial charge in [0.05, 0.1) is 6.07 Å². The molecule has 0 saturated carbocycles. The second-order valence-electron chi connectivity index (χ2n) is 5.49. The molecule has 0 aromatic carbocycles. The summed E-state index contributed by atoms with van der Waals surface area (Å²) >= 11 is 0. The number of allylic oxidation sites excluding steroid dienone is 4. The van der Waals surface area contributed by atoms with Crippen molar-refractivity contribution in [1.29, 1.82) is 5.26 Å². The Hall–Kier alpha value is -1.03. The first-order valence-corrected chi connectivity index (χ1v) is 8.58. The number of unbranched alkanes of at least 4 members (excludes halogenated alkanes) is 10. The molecule has 0 N–H and O–H groups in total. The van der Waals surface area contributed by atoms with Gasteiger partial charge in [-0.2, -0.15) is 5.26 Å². The van der Waals surface area contributed by atoms with Crippen LogP contribution in [0.5, 0.6) is 0 Å². The Kier molecular flexibility index (Phi) is 17.0. The Labute approximate surface area is 126 Å². The highest BCUT2D eigenvalue weighted by Gasteiger charge is 1.90. The summed E-state index contributed by atoms with van der Waals surface area (Å²) < 4.78 is 0. The van der Waals surface area contributed by atoms with Gasteiger partial charge in [-0.05, 0) is 38.5 Å². The normalized spacial score (nSPS) is 11.4. The van der Waals surface area contributed by atoms with Crippen LogP contribution in [0.25, 0.3) is 0 Å². The van der Waals surface area contributed by atoms with E-state index in [0.29, 0.717) is 0 Å². The summed E-state index contributed by atoms with van der Waals surface area (Å²) in [6.07, 6.45) is 25.1. The predicted molar refractivity (Wildman–Crippen MR) is 89.6 cm³/mol. The van der Waals surface area contributed by atoms with Crippen LogP contribution in [0.2, 0.25) is 0 Å². The van der Waals surface area contributed by atoms with Crippen molar-refractivity contribution in [3.63, 3.8) is 0 Å². The van der Waals surface area contributed by atoms with Crippen LogP contribution in [0.3, 0.4) is 0 Å². The summed E-state index contributed by atoms with van der Waals surface area (Å²) in [4.78, 5) is 0. The molecule has 20 heavy (non-hydrogen) atoms. The maximum Gasteiger partial charge on any atom is 0.0621 e. The molecule has 0 bridgehead atoms. The minimum absolute atomic E-state index is 0.731. The van der Waals surface area contributed by atoms with Crippen LogP contribution >= 0.6 is 0 Å². The predicted octanol–water partition coefficient (Wildman–Crippen LogP) is 6.71. The Morgan fingerprint density at radius 3 is 1.85 bits per heavy atom. The lowest BCUT2D eigenvalue weighted by Crippen LogP contribution is -1.79. The summed E-state index contributed by atoms with van der Waals surface area (Å²) in [5, 5.41) is 8.42. The van der Waals surface area contributed by atoms with Crippen LogP contribution in [0.4, 0.5) is 0 Å². The number of hydrogen-bond acceptors (Lipinski definition) is 1. The number of rotatable bonds is 14. The van der Waals surface area contributed by atoms with Gasteiger partial charge in [-0.3, -0.25) is 0 Å². The Morgan fingerprint density at radius 2 is 1.25 bits per heavy atom. The van der Waals surface area contributed by atoms with Crippen molar-refractivity contribution in [3.05, 3.63) is 24.3 Å². The monoisotopic (exact) mass is 275 g/mol. The molecular weight excluding hydrogens is 242 g/mol. The molecule has 0 fully saturated rings. The van der Waals surface area contributed by atoms with Gasteiger partial charge < -0.3 is 0 Å². The molecule has 0 aromatic heterocycles. The lowest BCUT2D eigenvalue weighted by atomic mass is 10.1. The van der Waals surface area contributed by atoms with Crippen LogP contribution in [0.1, 0.15) is 90.4 Å². The smallest absolute Gasteiger partial charge is 0.0621 e. The maximum absolute atomic E-state index is 8.42. The minimum Gasteiger partial charge on any atom is -0.198 e. The van der Waals surface area contributed by atoms with Crippen molar-refractivity contribution < 1.29 is 0 Å². The third-order valence-corrected chi connectivity index (χ3v) is 3.49. The fourth-order valence-corrected chi connectivity index (χ4v) is 2.19. The second-order valence-corrected chi connectivity index (χ2v) is 5.49. The third-order valence-electron chi connectivity index (χ3n) is 3.49. The van der Waals surface area contributed by atoms with Crippen LogP contribution in [0, 0.1) is 11.3 Å². The summed E-state index contributed by atoms with van der Waals surface area (Å²) in [5.74, 6) is 0. The highest BCUT2D eigenvalue weighted by Crippen LogP contribution is 2.08. The number of hydrogen-bond donors (Lipinski definition) is 0. The SMILES string of the molecule is CCCCC/C=C\C/C=C\CCCCCCCCC#N. The molecule has 0 aliphatic carbocycles. The van der Waals surface area contributed by atoms with Crippen molar-refractivity contribution in [1.82, 2.24) is 0 Å². The van der Waals surface area contributed by atoms with Gasteiger partial charge in [-0.15, -0.1) is 0 Å². The van der Waals surface area contributed by atoms with Gasteiger partial charge in [0, 0.05) is 6.42 Å². The van der Waals surface area contributed by atoms with E-state index in [4.69, 9.17) is 5.26 Å². The highest BCUT2D eigenvalue weighted by atomic mass is 14.2. The quantitative estimate of drug-likeness (QED) is 0.255. The lowest BCUT2D eigenvalue weighted by Gasteiger charge is -1.98. The van der Waals surface area contributed by atoms with E-state index in [1.165, 1.54) is 64.2 Å². The highest BCUT2D eigenvalue weighted by molar-refractivity contribution is 4.92. The maximum atomic E-state index is 8.42. The molecule has 0 aliphatic heterocycles. The molecular formula is C19H33N. The lowest BCUT2D eigenvalue weighted by molar-refractivity contribution is 0.601. The van der Waals surface area contributed by atoms with E-state index in [1.807, 2.05) is 0 Å². The van der Waals surface area contributed by atoms with E-state index in [0.717, 1.165) is 19.3 Å².